The minimum absolute atomic E-state index is 0.200. The first kappa shape index (κ1) is 18.1. The number of fused-ring (bicyclic) bond motifs is 3. The Hall–Kier alpha value is -2.27. The molecule has 4 nitrogen and oxygen atoms in total. The first-order chi connectivity index (χ1) is 12.8. The van der Waals surface area contributed by atoms with Crippen LogP contribution in [0.25, 0.3) is 10.9 Å². The van der Waals surface area contributed by atoms with E-state index in [1.165, 1.54) is 10.9 Å². The molecule has 0 fully saturated rings. The molecule has 1 amide bonds. The van der Waals surface area contributed by atoms with Crippen LogP contribution in [0, 0.1) is 0 Å². The molecular weight excluding hydrogens is 404 g/mol. The molecule has 2 heterocycles. The number of halogens is 1. The highest BCUT2D eigenvalue weighted by molar-refractivity contribution is 9.10. The molecule has 0 saturated carbocycles. The molecule has 0 bridgehead atoms. The van der Waals surface area contributed by atoms with Crippen LogP contribution in [-0.4, -0.2) is 28.1 Å². The predicted octanol–water partition coefficient (Wildman–Crippen LogP) is 5.81. The molecule has 3 aromatic rings. The summed E-state index contributed by atoms with van der Waals surface area (Å²) in [4.78, 5) is 18.4. The highest BCUT2D eigenvalue weighted by atomic mass is 79.9. The molecule has 0 spiro atoms. The van der Waals surface area contributed by atoms with Gasteiger partial charge in [0, 0.05) is 27.6 Å². The Kier molecular flexibility index (Phi) is 4.50. The lowest BCUT2D eigenvalue weighted by Gasteiger charge is -2.37. The van der Waals surface area contributed by atoms with Crippen molar-refractivity contribution in [2.45, 2.75) is 38.8 Å². The van der Waals surface area contributed by atoms with E-state index in [9.17, 15) is 4.79 Å². The van der Waals surface area contributed by atoms with E-state index in [-0.39, 0.29) is 12.1 Å². The number of carbonyl (C=O) groups is 1. The fourth-order valence-corrected chi connectivity index (χ4v) is 4.20. The molecule has 5 heteroatoms. The van der Waals surface area contributed by atoms with Crippen molar-refractivity contribution in [2.24, 2.45) is 0 Å². The molecule has 140 valence electrons. The average Bonchev–Trinajstić information content (AvgIpc) is 2.98. The second kappa shape index (κ2) is 6.71. The van der Waals surface area contributed by atoms with Crippen molar-refractivity contribution in [2.75, 3.05) is 6.54 Å². The van der Waals surface area contributed by atoms with E-state index in [1.807, 2.05) is 43.9 Å². The molecule has 1 aliphatic heterocycles. The predicted molar refractivity (Wildman–Crippen MR) is 111 cm³/mol. The van der Waals surface area contributed by atoms with Crippen LogP contribution < -0.4 is 0 Å². The summed E-state index contributed by atoms with van der Waals surface area (Å²) in [6.45, 7) is 6.33. The Morgan fingerprint density at radius 2 is 1.96 bits per heavy atom. The summed E-state index contributed by atoms with van der Waals surface area (Å²) in [5, 5.41) is 1.23. The van der Waals surface area contributed by atoms with E-state index in [0.717, 1.165) is 27.7 Å². The van der Waals surface area contributed by atoms with Crippen LogP contribution in [0.1, 0.15) is 43.6 Å². The van der Waals surface area contributed by atoms with Gasteiger partial charge in [-0.15, -0.1) is 0 Å². The molecule has 0 aliphatic carbocycles. The second-order valence-corrected chi connectivity index (χ2v) is 8.86. The topological polar surface area (TPSA) is 45.3 Å². The van der Waals surface area contributed by atoms with Crippen molar-refractivity contribution in [3.8, 4) is 0 Å². The van der Waals surface area contributed by atoms with Gasteiger partial charge in [-0.05, 0) is 56.5 Å². The first-order valence-electron chi connectivity index (χ1n) is 9.18. The van der Waals surface area contributed by atoms with E-state index in [0.29, 0.717) is 6.54 Å². The van der Waals surface area contributed by atoms with Crippen molar-refractivity contribution >= 4 is 32.9 Å². The van der Waals surface area contributed by atoms with Crippen LogP contribution in [0.15, 0.2) is 53.0 Å². The van der Waals surface area contributed by atoms with Crippen molar-refractivity contribution in [1.82, 2.24) is 9.88 Å². The first-order valence-corrected chi connectivity index (χ1v) is 9.97. The van der Waals surface area contributed by atoms with Gasteiger partial charge in [-0.3, -0.25) is 4.90 Å². The molecule has 27 heavy (non-hydrogen) atoms. The Balaban J connectivity index is 1.85. The fourth-order valence-electron chi connectivity index (χ4n) is 3.78. The summed E-state index contributed by atoms with van der Waals surface area (Å²) >= 11 is 3.56. The molecule has 1 aromatic heterocycles. The summed E-state index contributed by atoms with van der Waals surface area (Å²) in [6.07, 6.45) is 0.528. The normalized spacial score (nSPS) is 17.0. The fraction of sp³-hybridized carbons (Fsp3) is 0.318. The van der Waals surface area contributed by atoms with Gasteiger partial charge in [-0.25, -0.2) is 4.79 Å². The molecular formula is C22H23BrN2O2. The maximum Gasteiger partial charge on any atom is 0.411 e. The number of H-pyrrole nitrogens is 1. The number of rotatable bonds is 1. The van der Waals surface area contributed by atoms with Gasteiger partial charge in [-0.2, -0.15) is 0 Å². The third-order valence-electron chi connectivity index (χ3n) is 4.83. The molecule has 2 aromatic carbocycles. The summed E-state index contributed by atoms with van der Waals surface area (Å²) in [5.41, 5.74) is 4.00. The lowest BCUT2D eigenvalue weighted by molar-refractivity contribution is 0.0175. The lowest BCUT2D eigenvalue weighted by Crippen LogP contribution is -2.43. The molecule has 0 saturated heterocycles. The Labute approximate surface area is 167 Å². The summed E-state index contributed by atoms with van der Waals surface area (Å²) in [6, 6.07) is 16.3. The largest absolute Gasteiger partial charge is 0.444 e. The van der Waals surface area contributed by atoms with Crippen LogP contribution in [0.5, 0.6) is 0 Å². The van der Waals surface area contributed by atoms with Crippen molar-refractivity contribution in [3.63, 3.8) is 0 Å². The number of para-hydroxylation sites is 1. The minimum Gasteiger partial charge on any atom is -0.444 e. The minimum atomic E-state index is -0.528. The van der Waals surface area contributed by atoms with Crippen LogP contribution in [0.4, 0.5) is 4.79 Å². The Bertz CT molecular complexity index is 1000. The van der Waals surface area contributed by atoms with E-state index in [2.05, 4.69) is 51.2 Å². The van der Waals surface area contributed by atoms with E-state index in [1.54, 1.807) is 0 Å². The van der Waals surface area contributed by atoms with Crippen molar-refractivity contribution in [3.05, 3.63) is 69.8 Å². The number of ether oxygens (including phenoxy) is 1. The number of nitrogens with zero attached hydrogens (tertiary/aromatic N) is 1. The van der Waals surface area contributed by atoms with Gasteiger partial charge in [0.15, 0.2) is 0 Å². The number of carbonyl (C=O) groups excluding carboxylic acids is 1. The number of nitrogens with one attached hydrogen (secondary N) is 1. The maximum absolute atomic E-state index is 13.0. The number of benzene rings is 2. The molecule has 0 radical (unpaired) electrons. The number of hydrogen-bond donors (Lipinski definition) is 1. The van der Waals surface area contributed by atoms with Gasteiger partial charge in [0.25, 0.3) is 0 Å². The molecule has 1 N–H and O–H groups in total. The summed E-state index contributed by atoms with van der Waals surface area (Å²) in [7, 11) is 0. The lowest BCUT2D eigenvalue weighted by atomic mass is 9.93. The van der Waals surface area contributed by atoms with Crippen molar-refractivity contribution in [1.29, 1.82) is 0 Å². The Morgan fingerprint density at radius 1 is 1.19 bits per heavy atom. The van der Waals surface area contributed by atoms with Gasteiger partial charge in [0.05, 0.1) is 0 Å². The number of hydrogen-bond acceptors (Lipinski definition) is 2. The highest BCUT2D eigenvalue weighted by Gasteiger charge is 2.36. The zero-order valence-electron chi connectivity index (χ0n) is 15.8. The van der Waals surface area contributed by atoms with Gasteiger partial charge in [0.1, 0.15) is 11.6 Å². The number of aromatic amines is 1. The molecule has 1 atom stereocenters. The van der Waals surface area contributed by atoms with Gasteiger partial charge in [-0.1, -0.05) is 46.3 Å². The van der Waals surface area contributed by atoms with Crippen molar-refractivity contribution < 1.29 is 9.53 Å². The quantitative estimate of drug-likeness (QED) is 0.533. The smallest absolute Gasteiger partial charge is 0.411 e. The zero-order chi connectivity index (χ0) is 19.2. The van der Waals surface area contributed by atoms with Crippen LogP contribution >= 0.6 is 15.9 Å². The Morgan fingerprint density at radius 3 is 2.70 bits per heavy atom. The third kappa shape index (κ3) is 3.48. The van der Waals surface area contributed by atoms with Crippen LogP contribution in [0.2, 0.25) is 0 Å². The summed E-state index contributed by atoms with van der Waals surface area (Å²) < 4.78 is 6.70. The third-order valence-corrected chi connectivity index (χ3v) is 5.32. The van der Waals surface area contributed by atoms with Gasteiger partial charge < -0.3 is 9.72 Å². The van der Waals surface area contributed by atoms with Crippen LogP contribution in [0.3, 0.4) is 0 Å². The van der Waals surface area contributed by atoms with Gasteiger partial charge in [0.2, 0.25) is 0 Å². The van der Waals surface area contributed by atoms with E-state index >= 15 is 0 Å². The second-order valence-electron chi connectivity index (χ2n) is 7.94. The molecule has 4 rings (SSSR count). The number of amides is 1. The monoisotopic (exact) mass is 426 g/mol. The zero-order valence-corrected chi connectivity index (χ0v) is 17.3. The van der Waals surface area contributed by atoms with Crippen LogP contribution in [-0.2, 0) is 11.2 Å². The highest BCUT2D eigenvalue weighted by Crippen LogP contribution is 2.39. The maximum atomic E-state index is 13.0. The molecule has 1 aliphatic rings. The van der Waals surface area contributed by atoms with E-state index in [4.69, 9.17) is 4.74 Å². The summed E-state index contributed by atoms with van der Waals surface area (Å²) in [5.74, 6) is 0. The molecule has 0 unspecified atom stereocenters. The van der Waals surface area contributed by atoms with E-state index < -0.39 is 5.60 Å². The number of aromatic nitrogens is 1. The average molecular weight is 427 g/mol. The SMILES string of the molecule is CC(C)(C)OC(=O)N1CCc2c([nH]c3ccccc23)[C@@H]1c1cccc(Br)c1. The van der Waals surface area contributed by atoms with Gasteiger partial charge >= 0.3 is 6.09 Å². The standard InChI is InChI=1S/C22H23BrN2O2/c1-22(2,3)27-21(26)25-12-11-17-16-9-4-5-10-18(16)24-19(17)20(25)14-7-6-8-15(23)13-14/h4-10,13,20,24H,11-12H2,1-3H3/t20-/m0/s1.